The first-order valence-electron chi connectivity index (χ1n) is 7.75. The SMILES string of the molecule is CC(C)c1cc(C(=O)N2CCC(C(=O)O)(C(C)C)C2)nn1C. The molecule has 1 amide bonds. The Morgan fingerprint density at radius 2 is 1.95 bits per heavy atom. The Balaban J connectivity index is 2.22. The highest BCUT2D eigenvalue weighted by Crippen LogP contribution is 2.38. The molecule has 1 aliphatic heterocycles. The van der Waals surface area contributed by atoms with Crippen LogP contribution in [0.5, 0.6) is 0 Å². The number of hydrogen-bond acceptors (Lipinski definition) is 3. The number of carboxylic acid groups (broad SMARTS) is 1. The van der Waals surface area contributed by atoms with Gasteiger partial charge in [0.15, 0.2) is 5.69 Å². The van der Waals surface area contributed by atoms with E-state index in [-0.39, 0.29) is 24.3 Å². The molecule has 1 N–H and O–H groups in total. The van der Waals surface area contributed by atoms with Gasteiger partial charge >= 0.3 is 5.97 Å². The van der Waals surface area contributed by atoms with Crippen molar-refractivity contribution in [2.45, 2.75) is 40.0 Å². The van der Waals surface area contributed by atoms with Gasteiger partial charge in [0.05, 0.1) is 5.41 Å². The van der Waals surface area contributed by atoms with Crippen molar-refractivity contribution >= 4 is 11.9 Å². The number of amides is 1. The Hall–Kier alpha value is -1.85. The quantitative estimate of drug-likeness (QED) is 0.924. The number of aliphatic carboxylic acids is 1. The Morgan fingerprint density at radius 1 is 1.32 bits per heavy atom. The molecule has 1 saturated heterocycles. The zero-order chi connectivity index (χ0) is 16.7. The van der Waals surface area contributed by atoms with Crippen molar-refractivity contribution in [2.75, 3.05) is 13.1 Å². The maximum absolute atomic E-state index is 12.6. The summed E-state index contributed by atoms with van der Waals surface area (Å²) in [6, 6.07) is 1.81. The first-order valence-corrected chi connectivity index (χ1v) is 7.75. The van der Waals surface area contributed by atoms with E-state index in [9.17, 15) is 14.7 Å². The average Bonchev–Trinajstić information content (AvgIpc) is 3.02. The number of likely N-dealkylation sites (tertiary alicyclic amines) is 1. The van der Waals surface area contributed by atoms with Crippen molar-refractivity contribution < 1.29 is 14.7 Å². The number of carbonyl (C=O) groups is 2. The fourth-order valence-corrected chi connectivity index (χ4v) is 3.19. The summed E-state index contributed by atoms with van der Waals surface area (Å²) in [5.74, 6) is -0.725. The van der Waals surface area contributed by atoms with Crippen molar-refractivity contribution in [1.82, 2.24) is 14.7 Å². The highest BCUT2D eigenvalue weighted by atomic mass is 16.4. The Labute approximate surface area is 131 Å². The normalized spacial score (nSPS) is 21.9. The van der Waals surface area contributed by atoms with Crippen molar-refractivity contribution in [3.05, 3.63) is 17.5 Å². The van der Waals surface area contributed by atoms with E-state index in [0.29, 0.717) is 18.7 Å². The second-order valence-corrected chi connectivity index (χ2v) is 6.83. The first kappa shape index (κ1) is 16.5. The summed E-state index contributed by atoms with van der Waals surface area (Å²) in [5, 5.41) is 13.9. The lowest BCUT2D eigenvalue weighted by Gasteiger charge is -2.28. The summed E-state index contributed by atoms with van der Waals surface area (Å²) in [7, 11) is 1.83. The van der Waals surface area contributed by atoms with Crippen molar-refractivity contribution in [3.63, 3.8) is 0 Å². The van der Waals surface area contributed by atoms with Crippen LogP contribution >= 0.6 is 0 Å². The monoisotopic (exact) mass is 307 g/mol. The van der Waals surface area contributed by atoms with Crippen molar-refractivity contribution in [3.8, 4) is 0 Å². The molecule has 2 heterocycles. The summed E-state index contributed by atoms with van der Waals surface area (Å²) in [5.41, 5.74) is 0.553. The molecule has 6 heteroatoms. The van der Waals surface area contributed by atoms with E-state index in [1.54, 1.807) is 9.58 Å². The third-order valence-electron chi connectivity index (χ3n) is 4.85. The van der Waals surface area contributed by atoms with Gasteiger partial charge in [0.1, 0.15) is 0 Å². The van der Waals surface area contributed by atoms with E-state index < -0.39 is 11.4 Å². The van der Waals surface area contributed by atoms with E-state index in [1.807, 2.05) is 27.0 Å². The van der Waals surface area contributed by atoms with Gasteiger partial charge in [-0.2, -0.15) is 5.10 Å². The van der Waals surface area contributed by atoms with Gasteiger partial charge in [-0.25, -0.2) is 0 Å². The van der Waals surface area contributed by atoms with E-state index in [1.165, 1.54) is 0 Å². The van der Waals surface area contributed by atoms with Gasteiger partial charge in [-0.3, -0.25) is 14.3 Å². The fraction of sp³-hybridized carbons (Fsp3) is 0.688. The van der Waals surface area contributed by atoms with Crippen molar-refractivity contribution in [2.24, 2.45) is 18.4 Å². The maximum Gasteiger partial charge on any atom is 0.311 e. The second kappa shape index (κ2) is 5.74. The number of nitrogens with zero attached hydrogens (tertiary/aromatic N) is 3. The summed E-state index contributed by atoms with van der Waals surface area (Å²) < 4.78 is 1.72. The van der Waals surface area contributed by atoms with Crippen LogP contribution in [0.2, 0.25) is 0 Å². The lowest BCUT2D eigenvalue weighted by molar-refractivity contribution is -0.150. The molecule has 1 atom stereocenters. The molecule has 1 aromatic rings. The molecule has 6 nitrogen and oxygen atoms in total. The van der Waals surface area contributed by atoms with E-state index in [0.717, 1.165) is 5.69 Å². The van der Waals surface area contributed by atoms with Crippen LogP contribution in [0, 0.1) is 11.3 Å². The van der Waals surface area contributed by atoms with Gasteiger partial charge in [-0.15, -0.1) is 0 Å². The van der Waals surface area contributed by atoms with Crippen LogP contribution in [0.3, 0.4) is 0 Å². The van der Waals surface area contributed by atoms with Gasteiger partial charge < -0.3 is 10.0 Å². The van der Waals surface area contributed by atoms with Gasteiger partial charge in [-0.1, -0.05) is 27.7 Å². The third kappa shape index (κ3) is 2.62. The number of rotatable bonds is 4. The number of aromatic nitrogens is 2. The third-order valence-corrected chi connectivity index (χ3v) is 4.85. The number of hydrogen-bond donors (Lipinski definition) is 1. The van der Waals surface area contributed by atoms with E-state index >= 15 is 0 Å². The number of carbonyl (C=O) groups excluding carboxylic acids is 1. The van der Waals surface area contributed by atoms with Crippen LogP contribution in [0.1, 0.15) is 56.2 Å². The molecule has 0 spiro atoms. The molecule has 1 aliphatic rings. The topological polar surface area (TPSA) is 75.4 Å². The van der Waals surface area contributed by atoms with Crippen LogP contribution in [-0.4, -0.2) is 44.8 Å². The Kier molecular flexibility index (Phi) is 4.31. The lowest BCUT2D eigenvalue weighted by Crippen LogP contribution is -2.40. The Bertz CT molecular complexity index is 591. The molecule has 122 valence electrons. The predicted octanol–water partition coefficient (Wildman–Crippen LogP) is 2.12. The van der Waals surface area contributed by atoms with Crippen LogP contribution in [0.25, 0.3) is 0 Å². The summed E-state index contributed by atoms with van der Waals surface area (Å²) in [6.45, 7) is 8.63. The Morgan fingerprint density at radius 3 is 2.36 bits per heavy atom. The van der Waals surface area contributed by atoms with Gasteiger partial charge in [0.2, 0.25) is 0 Å². The molecule has 22 heavy (non-hydrogen) atoms. The van der Waals surface area contributed by atoms with E-state index in [2.05, 4.69) is 18.9 Å². The van der Waals surface area contributed by atoms with Crippen LogP contribution < -0.4 is 0 Å². The molecule has 0 radical (unpaired) electrons. The van der Waals surface area contributed by atoms with Gasteiger partial charge in [-0.05, 0) is 24.3 Å². The molecular formula is C16H25N3O3. The minimum Gasteiger partial charge on any atom is -0.481 e. The molecule has 2 rings (SSSR count). The number of aryl methyl sites for hydroxylation is 1. The highest BCUT2D eigenvalue weighted by Gasteiger charge is 2.48. The molecule has 0 saturated carbocycles. The number of carboxylic acids is 1. The van der Waals surface area contributed by atoms with Crippen LogP contribution in [0.4, 0.5) is 0 Å². The van der Waals surface area contributed by atoms with Crippen molar-refractivity contribution in [1.29, 1.82) is 0 Å². The minimum atomic E-state index is -0.842. The van der Waals surface area contributed by atoms with Crippen LogP contribution in [-0.2, 0) is 11.8 Å². The van der Waals surface area contributed by atoms with Gasteiger partial charge in [0.25, 0.3) is 5.91 Å². The largest absolute Gasteiger partial charge is 0.481 e. The molecule has 0 bridgehead atoms. The van der Waals surface area contributed by atoms with Crippen LogP contribution in [0.15, 0.2) is 6.07 Å². The standard InChI is InChI=1S/C16H25N3O3/c1-10(2)13-8-12(17-18(13)5)14(20)19-7-6-16(9-19,11(3)4)15(21)22/h8,10-11H,6-7,9H2,1-5H3,(H,21,22). The van der Waals surface area contributed by atoms with Gasteiger partial charge in [0, 0.05) is 25.8 Å². The molecule has 1 fully saturated rings. The summed E-state index contributed by atoms with van der Waals surface area (Å²) in [6.07, 6.45) is 0.496. The minimum absolute atomic E-state index is 0.0160. The molecule has 0 aliphatic carbocycles. The summed E-state index contributed by atoms with van der Waals surface area (Å²) >= 11 is 0. The molecule has 0 aromatic carbocycles. The average molecular weight is 307 g/mol. The maximum atomic E-state index is 12.6. The lowest BCUT2D eigenvalue weighted by atomic mass is 9.76. The zero-order valence-electron chi connectivity index (χ0n) is 14.0. The van der Waals surface area contributed by atoms with E-state index in [4.69, 9.17) is 0 Å². The zero-order valence-corrected chi connectivity index (χ0v) is 14.0. The molecular weight excluding hydrogens is 282 g/mol. The predicted molar refractivity (Wildman–Crippen MR) is 82.7 cm³/mol. The molecule has 1 unspecified atom stereocenters. The highest BCUT2D eigenvalue weighted by molar-refractivity contribution is 5.93. The first-order chi connectivity index (χ1) is 10.2. The second-order valence-electron chi connectivity index (χ2n) is 6.83. The smallest absolute Gasteiger partial charge is 0.311 e. The fourth-order valence-electron chi connectivity index (χ4n) is 3.19. The summed E-state index contributed by atoms with van der Waals surface area (Å²) in [4.78, 5) is 25.9. The molecule has 1 aromatic heterocycles.